The van der Waals surface area contributed by atoms with Crippen LogP contribution >= 0.6 is 11.8 Å². The number of carboxylic acid groups (broad SMARTS) is 1. The van der Waals surface area contributed by atoms with Crippen LogP contribution in [0.15, 0.2) is 88.4 Å². The Morgan fingerprint density at radius 3 is 2.31 bits per heavy atom. The Hall–Kier alpha value is -3.62. The first-order valence-electron chi connectivity index (χ1n) is 11.5. The average Bonchev–Trinajstić information content (AvgIpc) is 3.39. The molecule has 2 aromatic carbocycles. The molecule has 5 rings (SSSR count). The van der Waals surface area contributed by atoms with Crippen molar-refractivity contribution in [3.8, 4) is 11.3 Å². The molecule has 0 bridgehead atoms. The minimum Gasteiger partial charge on any atom is -0.475 e. The second kappa shape index (κ2) is 10.8. The molecule has 178 valence electrons. The Morgan fingerprint density at radius 1 is 0.914 bits per heavy atom. The van der Waals surface area contributed by atoms with E-state index in [1.54, 1.807) is 6.07 Å². The van der Waals surface area contributed by atoms with E-state index in [1.807, 2.05) is 36.4 Å². The van der Waals surface area contributed by atoms with Gasteiger partial charge in [-0.1, -0.05) is 72.4 Å². The van der Waals surface area contributed by atoms with Crippen molar-refractivity contribution >= 4 is 23.5 Å². The monoisotopic (exact) mass is 486 g/mol. The molecule has 3 heterocycles. The third kappa shape index (κ3) is 5.90. The summed E-state index contributed by atoms with van der Waals surface area (Å²) in [7, 11) is 0. The van der Waals surface area contributed by atoms with E-state index in [2.05, 4.69) is 40.1 Å². The van der Waals surface area contributed by atoms with Crippen LogP contribution in [0.1, 0.15) is 21.9 Å². The lowest BCUT2D eigenvalue weighted by molar-refractivity contribution is 0.0661. The molecule has 0 unspecified atom stereocenters. The molecule has 0 radical (unpaired) electrons. The van der Waals surface area contributed by atoms with E-state index in [1.165, 1.54) is 23.4 Å². The van der Waals surface area contributed by atoms with Gasteiger partial charge in [-0.15, -0.1) is 0 Å². The maximum atomic E-state index is 11.1. The van der Waals surface area contributed by atoms with Gasteiger partial charge < -0.3 is 14.4 Å². The first-order chi connectivity index (χ1) is 17.1. The maximum absolute atomic E-state index is 11.1. The van der Waals surface area contributed by atoms with Crippen molar-refractivity contribution in [1.29, 1.82) is 0 Å². The molecule has 35 heavy (non-hydrogen) atoms. The van der Waals surface area contributed by atoms with Gasteiger partial charge in [-0.3, -0.25) is 4.90 Å². The van der Waals surface area contributed by atoms with Crippen molar-refractivity contribution in [2.24, 2.45) is 0 Å². The topological polar surface area (TPSA) is 82.7 Å². The summed E-state index contributed by atoms with van der Waals surface area (Å²) < 4.78 is 5.40. The molecule has 0 saturated carbocycles. The molecule has 2 aromatic heterocycles. The predicted octanol–water partition coefficient (Wildman–Crippen LogP) is 5.05. The number of piperazine rings is 1. The molecule has 0 aliphatic carbocycles. The number of benzene rings is 2. The quantitative estimate of drug-likeness (QED) is 0.274. The molecule has 1 saturated heterocycles. The van der Waals surface area contributed by atoms with Gasteiger partial charge in [0.1, 0.15) is 11.6 Å². The van der Waals surface area contributed by atoms with Crippen LogP contribution in [0.25, 0.3) is 11.3 Å². The van der Waals surface area contributed by atoms with Crippen molar-refractivity contribution < 1.29 is 14.3 Å². The number of thioether (sulfide) groups is 1. The van der Waals surface area contributed by atoms with Crippen molar-refractivity contribution in [2.75, 3.05) is 31.1 Å². The van der Waals surface area contributed by atoms with Crippen LogP contribution in [0.2, 0.25) is 0 Å². The van der Waals surface area contributed by atoms with Crippen LogP contribution < -0.4 is 4.90 Å². The van der Waals surface area contributed by atoms with E-state index in [9.17, 15) is 4.79 Å². The van der Waals surface area contributed by atoms with Crippen molar-refractivity contribution in [1.82, 2.24) is 14.9 Å². The van der Waals surface area contributed by atoms with Crippen LogP contribution in [-0.4, -0.2) is 52.1 Å². The molecule has 0 atom stereocenters. The first kappa shape index (κ1) is 23.1. The van der Waals surface area contributed by atoms with E-state index in [-0.39, 0.29) is 5.76 Å². The SMILES string of the molecule is O=C(O)c1ccc(CSc2nc(-c3ccccc3)cc(N3CCN(Cc4ccccc4)CC3)n2)o1. The standard InChI is InChI=1S/C27H26N4O3S/c32-26(33)24-12-11-22(34-24)19-35-27-28-23(21-9-5-2-6-10-21)17-25(29-27)31-15-13-30(14-16-31)18-20-7-3-1-4-8-20/h1-12,17H,13-16,18-19H2,(H,32,33). The molecular formula is C27H26N4O3S. The van der Waals surface area contributed by atoms with Gasteiger partial charge in [0.15, 0.2) is 5.16 Å². The van der Waals surface area contributed by atoms with Gasteiger partial charge in [0.05, 0.1) is 11.4 Å². The van der Waals surface area contributed by atoms with Gasteiger partial charge >= 0.3 is 5.97 Å². The Bertz CT molecular complexity index is 1270. The lowest BCUT2D eigenvalue weighted by Gasteiger charge is -2.35. The molecule has 1 N–H and O–H groups in total. The van der Waals surface area contributed by atoms with Gasteiger partial charge in [-0.2, -0.15) is 0 Å². The van der Waals surface area contributed by atoms with Crippen LogP contribution in [0.5, 0.6) is 0 Å². The molecule has 1 aliphatic rings. The van der Waals surface area contributed by atoms with Crippen molar-refractivity contribution in [3.63, 3.8) is 0 Å². The maximum Gasteiger partial charge on any atom is 0.371 e. The minimum absolute atomic E-state index is 0.0615. The second-order valence-electron chi connectivity index (χ2n) is 8.37. The van der Waals surface area contributed by atoms with E-state index >= 15 is 0 Å². The van der Waals surface area contributed by atoms with Gasteiger partial charge in [0.2, 0.25) is 5.76 Å². The number of aromatic carboxylic acids is 1. The number of anilines is 1. The highest BCUT2D eigenvalue weighted by atomic mass is 32.2. The molecule has 0 amide bonds. The van der Waals surface area contributed by atoms with Gasteiger partial charge in [-0.05, 0) is 17.7 Å². The van der Waals surface area contributed by atoms with Gasteiger partial charge in [-0.25, -0.2) is 14.8 Å². The molecular weight excluding hydrogens is 460 g/mol. The van der Waals surface area contributed by atoms with Gasteiger partial charge in [0, 0.05) is 44.4 Å². The predicted molar refractivity (Wildman–Crippen MR) is 137 cm³/mol. The molecule has 1 fully saturated rings. The number of nitrogens with zero attached hydrogens (tertiary/aromatic N) is 4. The number of furan rings is 1. The van der Waals surface area contributed by atoms with Crippen molar-refractivity contribution in [2.45, 2.75) is 17.5 Å². The number of hydrogen-bond donors (Lipinski definition) is 1. The second-order valence-corrected chi connectivity index (χ2v) is 9.31. The molecule has 0 spiro atoms. The summed E-state index contributed by atoms with van der Waals surface area (Å²) in [5.74, 6) is 0.810. The zero-order valence-electron chi connectivity index (χ0n) is 19.2. The highest BCUT2D eigenvalue weighted by molar-refractivity contribution is 7.98. The zero-order chi connectivity index (χ0) is 24.0. The molecule has 1 aliphatic heterocycles. The summed E-state index contributed by atoms with van der Waals surface area (Å²) in [6.45, 7) is 4.67. The fraction of sp³-hybridized carbons (Fsp3) is 0.222. The van der Waals surface area contributed by atoms with Crippen LogP contribution in [0.4, 0.5) is 5.82 Å². The lowest BCUT2D eigenvalue weighted by atomic mass is 10.1. The Labute approximate surface area is 208 Å². The molecule has 4 aromatic rings. The molecule has 8 heteroatoms. The Morgan fingerprint density at radius 2 is 1.63 bits per heavy atom. The summed E-state index contributed by atoms with van der Waals surface area (Å²) in [6, 6.07) is 25.9. The first-order valence-corrected chi connectivity index (χ1v) is 12.5. The average molecular weight is 487 g/mol. The number of aromatic nitrogens is 2. The van der Waals surface area contributed by atoms with Crippen LogP contribution in [0, 0.1) is 0 Å². The van der Waals surface area contributed by atoms with Gasteiger partial charge in [0.25, 0.3) is 0 Å². The normalized spacial score (nSPS) is 14.2. The summed E-state index contributed by atoms with van der Waals surface area (Å²) in [4.78, 5) is 25.5. The van der Waals surface area contributed by atoms with Crippen molar-refractivity contribution in [3.05, 3.63) is 95.9 Å². The largest absolute Gasteiger partial charge is 0.475 e. The van der Waals surface area contributed by atoms with E-state index < -0.39 is 5.97 Å². The summed E-state index contributed by atoms with van der Waals surface area (Å²) in [6.07, 6.45) is 0. The third-order valence-electron chi connectivity index (χ3n) is 5.92. The summed E-state index contributed by atoms with van der Waals surface area (Å²) >= 11 is 1.44. The summed E-state index contributed by atoms with van der Waals surface area (Å²) in [5.41, 5.74) is 3.24. The molecule has 7 nitrogen and oxygen atoms in total. The minimum atomic E-state index is -1.07. The number of hydrogen-bond acceptors (Lipinski definition) is 7. The number of rotatable bonds is 8. The lowest BCUT2D eigenvalue weighted by Crippen LogP contribution is -2.46. The Balaban J connectivity index is 1.32. The van der Waals surface area contributed by atoms with E-state index in [4.69, 9.17) is 19.5 Å². The number of carbonyl (C=O) groups is 1. The Kier molecular flexibility index (Phi) is 7.11. The third-order valence-corrected chi connectivity index (χ3v) is 6.79. The number of carboxylic acids is 1. The highest BCUT2D eigenvalue weighted by Crippen LogP contribution is 2.28. The highest BCUT2D eigenvalue weighted by Gasteiger charge is 2.20. The smallest absolute Gasteiger partial charge is 0.371 e. The summed E-state index contributed by atoms with van der Waals surface area (Å²) in [5, 5.41) is 9.73. The van der Waals surface area contributed by atoms with Crippen LogP contribution in [0.3, 0.4) is 0 Å². The fourth-order valence-corrected chi connectivity index (χ4v) is 4.83. The fourth-order valence-electron chi connectivity index (χ4n) is 4.08. The zero-order valence-corrected chi connectivity index (χ0v) is 20.0. The van der Waals surface area contributed by atoms with E-state index in [0.29, 0.717) is 16.7 Å². The van der Waals surface area contributed by atoms with E-state index in [0.717, 1.165) is 49.8 Å². The van der Waals surface area contributed by atoms with Crippen LogP contribution in [-0.2, 0) is 12.3 Å².